The van der Waals surface area contributed by atoms with Crippen LogP contribution in [0, 0.1) is 5.82 Å². The molecule has 2 N–H and O–H groups in total. The van der Waals surface area contributed by atoms with Gasteiger partial charge in [0.25, 0.3) is 0 Å². The molecule has 1 aromatic carbocycles. The molecule has 0 spiro atoms. The van der Waals surface area contributed by atoms with Crippen molar-refractivity contribution < 1.29 is 13.9 Å². The molecule has 4 nitrogen and oxygen atoms in total. The van der Waals surface area contributed by atoms with E-state index in [0.29, 0.717) is 13.1 Å². The molecule has 0 aromatic heterocycles. The Morgan fingerprint density at radius 3 is 2.72 bits per heavy atom. The first-order chi connectivity index (χ1) is 8.60. The van der Waals surface area contributed by atoms with Gasteiger partial charge in [-0.15, -0.1) is 0 Å². The van der Waals surface area contributed by atoms with Crippen molar-refractivity contribution in [3.63, 3.8) is 0 Å². The van der Waals surface area contributed by atoms with Crippen LogP contribution < -0.4 is 5.73 Å². The summed E-state index contributed by atoms with van der Waals surface area (Å²) in [4.78, 5) is 13.3. The van der Waals surface area contributed by atoms with Gasteiger partial charge < -0.3 is 15.4 Å². The fraction of sp³-hybridized carbons (Fsp3) is 0.462. The van der Waals surface area contributed by atoms with E-state index in [1.54, 1.807) is 17.0 Å². The zero-order valence-electron chi connectivity index (χ0n) is 10.3. The molecule has 0 aliphatic carbocycles. The molecule has 1 fully saturated rings. The lowest BCUT2D eigenvalue weighted by Crippen LogP contribution is -2.48. The Balaban J connectivity index is 2.13. The third kappa shape index (κ3) is 2.86. The largest absolute Gasteiger partial charge is 0.367 e. The monoisotopic (exact) mass is 252 g/mol. The lowest BCUT2D eigenvalue weighted by Gasteiger charge is -2.36. The molecule has 5 heteroatoms. The molecular weight excluding hydrogens is 235 g/mol. The maximum Gasteiger partial charge on any atom is 0.236 e. The molecule has 1 saturated heterocycles. The predicted molar refractivity (Wildman–Crippen MR) is 65.3 cm³/mol. The number of nitrogens with two attached hydrogens (primary N) is 1. The van der Waals surface area contributed by atoms with E-state index in [-0.39, 0.29) is 30.5 Å². The Labute approximate surface area is 106 Å². The van der Waals surface area contributed by atoms with Gasteiger partial charge in [0.05, 0.1) is 19.2 Å². The van der Waals surface area contributed by atoms with Crippen LogP contribution in [-0.4, -0.2) is 36.5 Å². The molecule has 1 amide bonds. The van der Waals surface area contributed by atoms with E-state index in [9.17, 15) is 9.18 Å². The minimum absolute atomic E-state index is 0.00284. The summed E-state index contributed by atoms with van der Waals surface area (Å²) in [6.45, 7) is 2.93. The number of halogens is 1. The average molecular weight is 252 g/mol. The molecule has 1 aromatic rings. The SMILES string of the molecule is CC1CN(C(=O)CN)CC(c2ccc(F)cc2)O1. The number of nitrogens with zero attached hydrogens (tertiary/aromatic N) is 1. The van der Waals surface area contributed by atoms with Crippen LogP contribution in [0.5, 0.6) is 0 Å². The van der Waals surface area contributed by atoms with Crippen LogP contribution in [0.2, 0.25) is 0 Å². The van der Waals surface area contributed by atoms with Crippen LogP contribution >= 0.6 is 0 Å². The van der Waals surface area contributed by atoms with Crippen molar-refractivity contribution in [1.82, 2.24) is 4.90 Å². The lowest BCUT2D eigenvalue weighted by molar-refractivity contribution is -0.143. The van der Waals surface area contributed by atoms with Gasteiger partial charge in [0.15, 0.2) is 0 Å². The van der Waals surface area contributed by atoms with Gasteiger partial charge >= 0.3 is 0 Å². The summed E-state index contributed by atoms with van der Waals surface area (Å²) in [5.41, 5.74) is 6.24. The quantitative estimate of drug-likeness (QED) is 0.856. The Hall–Kier alpha value is -1.46. The van der Waals surface area contributed by atoms with Crippen molar-refractivity contribution in [3.05, 3.63) is 35.6 Å². The number of rotatable bonds is 2. The van der Waals surface area contributed by atoms with Crippen LogP contribution in [0.15, 0.2) is 24.3 Å². The molecule has 0 saturated carbocycles. The van der Waals surface area contributed by atoms with Crippen LogP contribution in [0.25, 0.3) is 0 Å². The minimum Gasteiger partial charge on any atom is -0.367 e. The fourth-order valence-electron chi connectivity index (χ4n) is 2.15. The summed E-state index contributed by atoms with van der Waals surface area (Å²) < 4.78 is 18.6. The maximum atomic E-state index is 12.9. The Kier molecular flexibility index (Phi) is 3.93. The Morgan fingerprint density at radius 2 is 2.11 bits per heavy atom. The van der Waals surface area contributed by atoms with Crippen LogP contribution in [0.4, 0.5) is 4.39 Å². The van der Waals surface area contributed by atoms with E-state index in [0.717, 1.165) is 5.56 Å². The van der Waals surface area contributed by atoms with Gasteiger partial charge in [-0.3, -0.25) is 4.79 Å². The van der Waals surface area contributed by atoms with E-state index in [4.69, 9.17) is 10.5 Å². The zero-order valence-corrected chi connectivity index (χ0v) is 10.3. The van der Waals surface area contributed by atoms with Crippen LogP contribution in [0.1, 0.15) is 18.6 Å². The first-order valence-electron chi connectivity index (χ1n) is 5.99. The molecule has 1 aliphatic heterocycles. The maximum absolute atomic E-state index is 12.9. The standard InChI is InChI=1S/C13H17FN2O2/c1-9-7-16(13(17)6-15)8-12(18-9)10-2-4-11(14)5-3-10/h2-5,9,12H,6-8,15H2,1H3. The summed E-state index contributed by atoms with van der Waals surface area (Å²) in [7, 11) is 0. The van der Waals surface area contributed by atoms with Gasteiger partial charge in [-0.1, -0.05) is 12.1 Å². The highest BCUT2D eigenvalue weighted by Gasteiger charge is 2.28. The van der Waals surface area contributed by atoms with Crippen molar-refractivity contribution >= 4 is 5.91 Å². The highest BCUT2D eigenvalue weighted by molar-refractivity contribution is 5.78. The van der Waals surface area contributed by atoms with Crippen molar-refractivity contribution in [2.24, 2.45) is 5.73 Å². The number of hydrogen-bond acceptors (Lipinski definition) is 3. The third-order valence-electron chi connectivity index (χ3n) is 3.03. The average Bonchev–Trinajstić information content (AvgIpc) is 2.38. The van der Waals surface area contributed by atoms with E-state index in [1.165, 1.54) is 12.1 Å². The number of carbonyl (C=O) groups excluding carboxylic acids is 1. The number of hydrogen-bond donors (Lipinski definition) is 1. The van der Waals surface area contributed by atoms with E-state index in [1.807, 2.05) is 6.92 Å². The lowest BCUT2D eigenvalue weighted by atomic mass is 10.1. The number of ether oxygens (including phenoxy) is 1. The summed E-state index contributed by atoms with van der Waals surface area (Å²) in [6, 6.07) is 6.16. The number of morpholine rings is 1. The second-order valence-electron chi connectivity index (χ2n) is 4.49. The smallest absolute Gasteiger partial charge is 0.236 e. The van der Waals surface area contributed by atoms with Crippen LogP contribution in [-0.2, 0) is 9.53 Å². The first-order valence-corrected chi connectivity index (χ1v) is 5.99. The van der Waals surface area contributed by atoms with Gasteiger partial charge in [0.1, 0.15) is 11.9 Å². The molecule has 2 rings (SSSR count). The predicted octanol–water partition coefficient (Wildman–Crippen LogP) is 1.07. The third-order valence-corrected chi connectivity index (χ3v) is 3.03. The Bertz CT molecular complexity index is 422. The molecule has 98 valence electrons. The summed E-state index contributed by atoms with van der Waals surface area (Å²) in [5.74, 6) is -0.366. The molecule has 0 radical (unpaired) electrons. The highest BCUT2D eigenvalue weighted by Crippen LogP contribution is 2.25. The van der Waals surface area contributed by atoms with Gasteiger partial charge in [-0.2, -0.15) is 0 Å². The molecule has 2 unspecified atom stereocenters. The molecule has 1 heterocycles. The Morgan fingerprint density at radius 1 is 1.44 bits per heavy atom. The second-order valence-corrected chi connectivity index (χ2v) is 4.49. The molecule has 1 aliphatic rings. The number of benzene rings is 1. The van der Waals surface area contributed by atoms with Gasteiger partial charge in [-0.25, -0.2) is 4.39 Å². The molecule has 18 heavy (non-hydrogen) atoms. The van der Waals surface area contributed by atoms with Gasteiger partial charge in [0, 0.05) is 6.54 Å². The minimum atomic E-state index is -0.280. The first kappa shape index (κ1) is 13.0. The summed E-state index contributed by atoms with van der Waals surface area (Å²) >= 11 is 0. The van der Waals surface area contributed by atoms with E-state index >= 15 is 0 Å². The molecule has 0 bridgehead atoms. The second kappa shape index (κ2) is 5.46. The van der Waals surface area contributed by atoms with Crippen molar-refractivity contribution in [3.8, 4) is 0 Å². The summed E-state index contributed by atoms with van der Waals surface area (Å²) in [5, 5.41) is 0. The fourth-order valence-corrected chi connectivity index (χ4v) is 2.15. The van der Waals surface area contributed by atoms with Crippen LogP contribution in [0.3, 0.4) is 0 Å². The normalized spacial score (nSPS) is 24.1. The van der Waals surface area contributed by atoms with Crippen molar-refractivity contribution in [2.75, 3.05) is 19.6 Å². The molecule has 2 atom stereocenters. The van der Waals surface area contributed by atoms with Crippen molar-refractivity contribution in [2.45, 2.75) is 19.1 Å². The molecular formula is C13H17FN2O2. The number of amides is 1. The van der Waals surface area contributed by atoms with Crippen molar-refractivity contribution in [1.29, 1.82) is 0 Å². The summed E-state index contributed by atoms with van der Waals surface area (Å²) in [6.07, 6.45) is -0.269. The van der Waals surface area contributed by atoms with Gasteiger partial charge in [0.2, 0.25) is 5.91 Å². The number of carbonyl (C=O) groups is 1. The topological polar surface area (TPSA) is 55.6 Å². The zero-order chi connectivity index (χ0) is 13.1. The van der Waals surface area contributed by atoms with Gasteiger partial charge in [-0.05, 0) is 24.6 Å². The van der Waals surface area contributed by atoms with E-state index < -0.39 is 0 Å². The highest BCUT2D eigenvalue weighted by atomic mass is 19.1. The van der Waals surface area contributed by atoms with E-state index in [2.05, 4.69) is 0 Å².